The van der Waals surface area contributed by atoms with Crippen LogP contribution in [-0.2, 0) is 11.3 Å². The van der Waals surface area contributed by atoms with Crippen molar-refractivity contribution in [2.24, 2.45) is 0 Å². The van der Waals surface area contributed by atoms with Gasteiger partial charge in [-0.3, -0.25) is 4.79 Å². The first-order chi connectivity index (χ1) is 6.02. The number of rotatable bonds is 3. The van der Waals surface area contributed by atoms with E-state index in [9.17, 15) is 4.79 Å². The molecule has 0 atom stereocenters. The summed E-state index contributed by atoms with van der Waals surface area (Å²) >= 11 is 6.80. The molecule has 1 heterocycles. The van der Waals surface area contributed by atoms with Crippen molar-refractivity contribution in [1.29, 1.82) is 0 Å². The van der Waals surface area contributed by atoms with E-state index in [1.807, 2.05) is 11.5 Å². The zero-order valence-corrected chi connectivity index (χ0v) is 9.72. The number of hydrogen-bond acceptors (Lipinski definition) is 3. The van der Waals surface area contributed by atoms with Gasteiger partial charge in [0.1, 0.15) is 5.78 Å². The summed E-state index contributed by atoms with van der Waals surface area (Å²) < 4.78 is 2.91. The van der Waals surface area contributed by atoms with Gasteiger partial charge in [-0.05, 0) is 33.0 Å². The second kappa shape index (κ2) is 4.15. The van der Waals surface area contributed by atoms with E-state index in [4.69, 9.17) is 12.2 Å². The first-order valence-electron chi connectivity index (χ1n) is 4.18. The summed E-state index contributed by atoms with van der Waals surface area (Å²) in [6.07, 6.45) is 0.575. The van der Waals surface area contributed by atoms with Crippen LogP contribution in [-0.4, -0.2) is 10.4 Å². The molecule has 0 N–H and O–H groups in total. The van der Waals surface area contributed by atoms with Crippen LogP contribution in [0.3, 0.4) is 0 Å². The molecule has 0 aliphatic carbocycles. The molecule has 2 nitrogen and oxygen atoms in total. The topological polar surface area (TPSA) is 22.0 Å². The number of aromatic nitrogens is 1. The van der Waals surface area contributed by atoms with Gasteiger partial charge in [0.2, 0.25) is 0 Å². The molecule has 4 heteroatoms. The van der Waals surface area contributed by atoms with Crippen molar-refractivity contribution < 1.29 is 4.79 Å². The number of carbonyl (C=O) groups is 1. The Labute approximate surface area is 87.2 Å². The van der Waals surface area contributed by atoms with Gasteiger partial charge in [-0.25, -0.2) is 0 Å². The summed E-state index contributed by atoms with van der Waals surface area (Å²) in [5, 5.41) is 0. The van der Waals surface area contributed by atoms with Gasteiger partial charge < -0.3 is 4.57 Å². The minimum atomic E-state index is 0.213. The molecule has 0 fully saturated rings. The lowest BCUT2D eigenvalue weighted by Crippen LogP contribution is -2.04. The summed E-state index contributed by atoms with van der Waals surface area (Å²) in [7, 11) is 0. The predicted molar refractivity (Wildman–Crippen MR) is 57.9 cm³/mol. The zero-order valence-electron chi connectivity index (χ0n) is 8.09. The highest BCUT2D eigenvalue weighted by Gasteiger charge is 2.04. The van der Waals surface area contributed by atoms with Crippen molar-refractivity contribution in [2.45, 2.75) is 33.7 Å². The third kappa shape index (κ3) is 2.48. The second-order valence-electron chi connectivity index (χ2n) is 3.11. The van der Waals surface area contributed by atoms with Gasteiger partial charge in [0.15, 0.2) is 3.95 Å². The first-order valence-corrected chi connectivity index (χ1v) is 5.41. The van der Waals surface area contributed by atoms with Crippen molar-refractivity contribution >= 4 is 29.3 Å². The molecule has 0 aliphatic heterocycles. The van der Waals surface area contributed by atoms with E-state index in [0.29, 0.717) is 6.42 Å². The molecule has 13 heavy (non-hydrogen) atoms. The van der Waals surface area contributed by atoms with Gasteiger partial charge in [0.25, 0.3) is 0 Å². The standard InChI is InChI=1S/C9H13NOS2/c1-6(11)4-5-10-7(2)8(3)13-9(10)12/h4-5H2,1-3H3. The molecule has 0 unspecified atom stereocenters. The van der Waals surface area contributed by atoms with Gasteiger partial charge in [-0.2, -0.15) is 0 Å². The van der Waals surface area contributed by atoms with E-state index in [-0.39, 0.29) is 5.78 Å². The van der Waals surface area contributed by atoms with E-state index in [0.717, 1.165) is 10.5 Å². The van der Waals surface area contributed by atoms with E-state index in [1.165, 1.54) is 10.6 Å². The molecule has 0 spiro atoms. The third-order valence-corrected chi connectivity index (χ3v) is 3.53. The van der Waals surface area contributed by atoms with Crippen LogP contribution in [0.5, 0.6) is 0 Å². The van der Waals surface area contributed by atoms with Crippen LogP contribution in [0.25, 0.3) is 0 Å². The number of hydrogen-bond donors (Lipinski definition) is 0. The molecule has 0 bridgehead atoms. The van der Waals surface area contributed by atoms with Gasteiger partial charge >= 0.3 is 0 Å². The van der Waals surface area contributed by atoms with E-state index < -0.39 is 0 Å². The Hall–Kier alpha value is -0.480. The molecule has 0 saturated heterocycles. The van der Waals surface area contributed by atoms with Crippen molar-refractivity contribution in [3.8, 4) is 0 Å². The normalized spacial score (nSPS) is 10.4. The molecule has 1 aromatic heterocycles. The highest BCUT2D eigenvalue weighted by molar-refractivity contribution is 7.73. The molecule has 0 amide bonds. The molecular formula is C9H13NOS2. The lowest BCUT2D eigenvalue weighted by molar-refractivity contribution is -0.117. The fourth-order valence-corrected chi connectivity index (χ4v) is 2.58. The Kier molecular flexibility index (Phi) is 3.39. The van der Waals surface area contributed by atoms with Gasteiger partial charge in [0, 0.05) is 23.5 Å². The Morgan fingerprint density at radius 2 is 2.15 bits per heavy atom. The Morgan fingerprint density at radius 3 is 2.54 bits per heavy atom. The summed E-state index contributed by atoms with van der Waals surface area (Å²) in [6.45, 7) is 6.43. The Bertz CT molecular complexity index is 375. The van der Waals surface area contributed by atoms with Gasteiger partial charge in [-0.15, -0.1) is 11.3 Å². The number of Topliss-reactive ketones (excluding diaryl/α,β-unsaturated/α-hetero) is 1. The van der Waals surface area contributed by atoms with E-state index in [1.54, 1.807) is 18.3 Å². The highest BCUT2D eigenvalue weighted by atomic mass is 32.1. The quantitative estimate of drug-likeness (QED) is 0.723. The van der Waals surface area contributed by atoms with Crippen LogP contribution >= 0.6 is 23.6 Å². The van der Waals surface area contributed by atoms with Crippen LogP contribution in [0.1, 0.15) is 23.9 Å². The number of nitrogens with zero attached hydrogens (tertiary/aromatic N) is 1. The Balaban J connectivity index is 2.88. The van der Waals surface area contributed by atoms with Gasteiger partial charge in [0.05, 0.1) is 0 Å². The highest BCUT2D eigenvalue weighted by Crippen LogP contribution is 2.17. The lowest BCUT2D eigenvalue weighted by Gasteiger charge is -2.03. The fraction of sp³-hybridized carbons (Fsp3) is 0.556. The molecular weight excluding hydrogens is 202 g/mol. The summed E-state index contributed by atoms with van der Waals surface area (Å²) in [6, 6.07) is 0. The van der Waals surface area contributed by atoms with Crippen molar-refractivity contribution in [2.75, 3.05) is 0 Å². The molecule has 0 aliphatic rings. The summed E-state index contributed by atoms with van der Waals surface area (Å²) in [5.74, 6) is 0.213. The molecule has 72 valence electrons. The lowest BCUT2D eigenvalue weighted by atomic mass is 10.3. The monoisotopic (exact) mass is 215 g/mol. The van der Waals surface area contributed by atoms with E-state index in [2.05, 4.69) is 6.92 Å². The number of aryl methyl sites for hydroxylation is 1. The maximum absolute atomic E-state index is 10.8. The van der Waals surface area contributed by atoms with Gasteiger partial charge in [-0.1, -0.05) is 0 Å². The van der Waals surface area contributed by atoms with Crippen molar-refractivity contribution in [3.63, 3.8) is 0 Å². The van der Waals surface area contributed by atoms with Crippen LogP contribution in [0.2, 0.25) is 0 Å². The SMILES string of the molecule is CC(=O)CCn1c(C)c(C)sc1=S. The number of carbonyl (C=O) groups excluding carboxylic acids is 1. The Morgan fingerprint density at radius 1 is 1.54 bits per heavy atom. The maximum Gasteiger partial charge on any atom is 0.161 e. The average Bonchev–Trinajstić information content (AvgIpc) is 2.24. The summed E-state index contributed by atoms with van der Waals surface area (Å²) in [4.78, 5) is 12.0. The van der Waals surface area contributed by atoms with Crippen LogP contribution in [0.15, 0.2) is 0 Å². The molecule has 0 radical (unpaired) electrons. The smallest absolute Gasteiger partial charge is 0.161 e. The minimum Gasteiger partial charge on any atom is -0.327 e. The summed E-state index contributed by atoms with van der Waals surface area (Å²) in [5.41, 5.74) is 1.19. The molecule has 1 aromatic rings. The first kappa shape index (κ1) is 10.6. The zero-order chi connectivity index (χ0) is 10.0. The average molecular weight is 215 g/mol. The predicted octanol–water partition coefficient (Wildman–Crippen LogP) is 2.88. The fourth-order valence-electron chi connectivity index (χ4n) is 1.12. The van der Waals surface area contributed by atoms with Crippen molar-refractivity contribution in [3.05, 3.63) is 14.5 Å². The molecule has 0 aromatic carbocycles. The van der Waals surface area contributed by atoms with Crippen LogP contribution in [0, 0.1) is 17.8 Å². The second-order valence-corrected chi connectivity index (χ2v) is 4.96. The molecule has 0 saturated carbocycles. The van der Waals surface area contributed by atoms with E-state index >= 15 is 0 Å². The maximum atomic E-state index is 10.8. The number of ketones is 1. The number of thiazole rings is 1. The van der Waals surface area contributed by atoms with Crippen LogP contribution in [0.4, 0.5) is 0 Å². The van der Waals surface area contributed by atoms with Crippen LogP contribution < -0.4 is 0 Å². The largest absolute Gasteiger partial charge is 0.327 e. The third-order valence-electron chi connectivity index (χ3n) is 2.06. The minimum absolute atomic E-state index is 0.213. The molecule has 1 rings (SSSR count). The van der Waals surface area contributed by atoms with Crippen molar-refractivity contribution in [1.82, 2.24) is 4.57 Å².